The third-order valence-electron chi connectivity index (χ3n) is 2.80. The number of fused-ring (bicyclic) bond motifs is 1. The molecule has 1 heterocycles. The third-order valence-corrected chi connectivity index (χ3v) is 2.80. The Bertz CT molecular complexity index is 442. The Balaban J connectivity index is 2.16. The van der Waals surface area contributed by atoms with E-state index in [0.29, 0.717) is 11.1 Å². The van der Waals surface area contributed by atoms with E-state index in [2.05, 4.69) is 6.92 Å². The molecule has 1 aromatic carbocycles. The number of amides is 2. The molecular weight excluding hydrogens is 214 g/mol. The van der Waals surface area contributed by atoms with Crippen LogP contribution in [-0.4, -0.2) is 16.7 Å². The van der Waals surface area contributed by atoms with Crippen LogP contribution in [0.4, 0.5) is 0 Å². The summed E-state index contributed by atoms with van der Waals surface area (Å²) < 4.78 is 0. The van der Waals surface area contributed by atoms with Crippen LogP contribution in [-0.2, 0) is 0 Å². The van der Waals surface area contributed by atoms with Gasteiger partial charge in [-0.3, -0.25) is 9.59 Å². The molecule has 1 aliphatic rings. The maximum absolute atomic E-state index is 11.9. The lowest BCUT2D eigenvalue weighted by atomic mass is 10.1. The fourth-order valence-corrected chi connectivity index (χ4v) is 1.85. The van der Waals surface area contributed by atoms with Gasteiger partial charge in [0.25, 0.3) is 11.8 Å². The Kier molecular flexibility index (Phi) is 3.38. The monoisotopic (exact) mass is 229 g/mol. The van der Waals surface area contributed by atoms with Crippen molar-refractivity contribution in [1.29, 1.82) is 0 Å². The van der Waals surface area contributed by atoms with Crippen LogP contribution in [0.25, 0.3) is 0 Å². The molecule has 2 rings (SSSR count). The van der Waals surface area contributed by atoms with Crippen LogP contribution >= 0.6 is 0 Å². The first-order valence-corrected chi connectivity index (χ1v) is 5.89. The van der Waals surface area contributed by atoms with Crippen molar-refractivity contribution >= 4 is 11.8 Å². The van der Waals surface area contributed by atoms with Crippen molar-refractivity contribution in [2.24, 2.45) is 0 Å². The van der Waals surface area contributed by atoms with E-state index in [-0.39, 0.29) is 11.8 Å². The molecule has 0 N–H and O–H groups in total. The molecule has 1 aromatic rings. The highest BCUT2D eigenvalue weighted by molar-refractivity contribution is 6.21. The molecule has 0 aromatic heterocycles. The molecule has 0 saturated carbocycles. The molecule has 3 nitrogen and oxygen atoms in total. The van der Waals surface area contributed by atoms with Crippen molar-refractivity contribution in [2.75, 3.05) is 0 Å². The highest BCUT2D eigenvalue weighted by Crippen LogP contribution is 2.22. The zero-order valence-corrected chi connectivity index (χ0v) is 9.85. The second-order valence-electron chi connectivity index (χ2n) is 4.05. The summed E-state index contributed by atoms with van der Waals surface area (Å²) in [7, 11) is 0. The SMILES string of the molecule is CCCC/C=C/N1C(=O)c2ccccc2C1=O. The van der Waals surface area contributed by atoms with Crippen molar-refractivity contribution < 1.29 is 9.59 Å². The molecular formula is C14H15NO2. The van der Waals surface area contributed by atoms with E-state index >= 15 is 0 Å². The van der Waals surface area contributed by atoms with Crippen LogP contribution in [0, 0.1) is 0 Å². The lowest BCUT2D eigenvalue weighted by molar-refractivity contribution is 0.0721. The third kappa shape index (κ3) is 2.13. The van der Waals surface area contributed by atoms with Crippen molar-refractivity contribution in [2.45, 2.75) is 26.2 Å². The standard InChI is InChI=1S/C14H15NO2/c1-2-3-4-7-10-15-13(16)11-8-5-6-9-12(11)14(15)17/h5-10H,2-4H2,1H3/b10-7+. The van der Waals surface area contributed by atoms with Gasteiger partial charge in [-0.1, -0.05) is 38.0 Å². The Morgan fingerprint density at radius 3 is 2.24 bits per heavy atom. The maximum atomic E-state index is 11.9. The number of unbranched alkanes of at least 4 members (excludes halogenated alkanes) is 2. The number of hydrogen-bond acceptors (Lipinski definition) is 2. The maximum Gasteiger partial charge on any atom is 0.265 e. The lowest BCUT2D eigenvalue weighted by Gasteiger charge is -2.06. The molecule has 88 valence electrons. The lowest BCUT2D eigenvalue weighted by Crippen LogP contribution is -2.23. The average Bonchev–Trinajstić information content (AvgIpc) is 2.60. The zero-order chi connectivity index (χ0) is 12.3. The van der Waals surface area contributed by atoms with Crippen LogP contribution in [0.2, 0.25) is 0 Å². The summed E-state index contributed by atoms with van der Waals surface area (Å²) >= 11 is 0. The van der Waals surface area contributed by atoms with Crippen LogP contribution in [0.1, 0.15) is 46.9 Å². The smallest absolute Gasteiger partial charge is 0.265 e. The Hall–Kier alpha value is -1.90. The topological polar surface area (TPSA) is 37.4 Å². The first-order chi connectivity index (χ1) is 8.25. The van der Waals surface area contributed by atoms with Crippen molar-refractivity contribution in [3.8, 4) is 0 Å². The van der Waals surface area contributed by atoms with Crippen molar-refractivity contribution in [3.05, 3.63) is 47.7 Å². The molecule has 17 heavy (non-hydrogen) atoms. The van der Waals surface area contributed by atoms with E-state index < -0.39 is 0 Å². The highest BCUT2D eigenvalue weighted by Gasteiger charge is 2.33. The summed E-state index contributed by atoms with van der Waals surface area (Å²) in [5.41, 5.74) is 0.996. The molecule has 0 atom stereocenters. The summed E-state index contributed by atoms with van der Waals surface area (Å²) in [6, 6.07) is 6.92. The van der Waals surface area contributed by atoms with E-state index in [0.717, 1.165) is 19.3 Å². The second kappa shape index (κ2) is 4.95. The molecule has 0 radical (unpaired) electrons. The highest BCUT2D eigenvalue weighted by atomic mass is 16.2. The van der Waals surface area contributed by atoms with E-state index in [1.165, 1.54) is 4.90 Å². The van der Waals surface area contributed by atoms with Gasteiger partial charge in [0.1, 0.15) is 0 Å². The van der Waals surface area contributed by atoms with Gasteiger partial charge in [0.2, 0.25) is 0 Å². The van der Waals surface area contributed by atoms with E-state index in [9.17, 15) is 9.59 Å². The van der Waals surface area contributed by atoms with Crippen molar-refractivity contribution in [3.63, 3.8) is 0 Å². The Morgan fingerprint density at radius 2 is 1.71 bits per heavy atom. The molecule has 1 aliphatic heterocycles. The predicted octanol–water partition coefficient (Wildman–Crippen LogP) is 2.99. The average molecular weight is 229 g/mol. The van der Waals surface area contributed by atoms with Gasteiger partial charge in [0.05, 0.1) is 11.1 Å². The minimum Gasteiger partial charge on any atom is -0.268 e. The summed E-state index contributed by atoms with van der Waals surface area (Å²) in [5.74, 6) is -0.448. The molecule has 2 amide bonds. The minimum absolute atomic E-state index is 0.224. The first kappa shape index (κ1) is 11.6. The van der Waals surface area contributed by atoms with E-state index in [1.54, 1.807) is 30.5 Å². The quantitative estimate of drug-likeness (QED) is 0.588. The van der Waals surface area contributed by atoms with Gasteiger partial charge in [-0.05, 0) is 18.6 Å². The fourth-order valence-electron chi connectivity index (χ4n) is 1.85. The van der Waals surface area contributed by atoms with Crippen LogP contribution in [0.15, 0.2) is 36.5 Å². The normalized spacial score (nSPS) is 14.8. The zero-order valence-electron chi connectivity index (χ0n) is 9.85. The number of hydrogen-bond donors (Lipinski definition) is 0. The molecule has 0 bridgehead atoms. The number of benzene rings is 1. The van der Waals surface area contributed by atoms with Crippen LogP contribution < -0.4 is 0 Å². The van der Waals surface area contributed by atoms with E-state index in [1.807, 2.05) is 6.08 Å². The Labute approximate surface area is 101 Å². The molecule has 0 unspecified atom stereocenters. The molecule has 0 spiro atoms. The largest absolute Gasteiger partial charge is 0.268 e. The van der Waals surface area contributed by atoms with Gasteiger partial charge in [-0.25, -0.2) is 4.90 Å². The Morgan fingerprint density at radius 1 is 1.12 bits per heavy atom. The number of carbonyl (C=O) groups excluding carboxylic acids is 2. The number of nitrogens with zero attached hydrogens (tertiary/aromatic N) is 1. The predicted molar refractivity (Wildman–Crippen MR) is 65.6 cm³/mol. The summed E-state index contributed by atoms with van der Waals surface area (Å²) in [4.78, 5) is 25.0. The van der Waals surface area contributed by atoms with Gasteiger partial charge >= 0.3 is 0 Å². The van der Waals surface area contributed by atoms with Gasteiger partial charge in [0.15, 0.2) is 0 Å². The summed E-state index contributed by atoms with van der Waals surface area (Å²) in [6.45, 7) is 2.11. The number of rotatable bonds is 4. The number of allylic oxidation sites excluding steroid dienone is 1. The minimum atomic E-state index is -0.224. The van der Waals surface area contributed by atoms with Crippen molar-refractivity contribution in [1.82, 2.24) is 4.90 Å². The first-order valence-electron chi connectivity index (χ1n) is 5.89. The van der Waals surface area contributed by atoms with Crippen LogP contribution in [0.3, 0.4) is 0 Å². The molecule has 0 fully saturated rings. The number of carbonyl (C=O) groups is 2. The van der Waals surface area contributed by atoms with Gasteiger partial charge in [-0.2, -0.15) is 0 Å². The second-order valence-corrected chi connectivity index (χ2v) is 4.05. The molecule has 0 saturated heterocycles. The number of imide groups is 1. The molecule has 0 aliphatic carbocycles. The molecule has 3 heteroatoms. The van der Waals surface area contributed by atoms with Gasteiger partial charge in [-0.15, -0.1) is 0 Å². The fraction of sp³-hybridized carbons (Fsp3) is 0.286. The van der Waals surface area contributed by atoms with Gasteiger partial charge in [0, 0.05) is 6.20 Å². The summed E-state index contributed by atoms with van der Waals surface area (Å²) in [6.07, 6.45) is 6.54. The van der Waals surface area contributed by atoms with Gasteiger partial charge < -0.3 is 0 Å². The van der Waals surface area contributed by atoms with E-state index in [4.69, 9.17) is 0 Å². The van der Waals surface area contributed by atoms with Crippen LogP contribution in [0.5, 0.6) is 0 Å². The summed E-state index contributed by atoms with van der Waals surface area (Å²) in [5, 5.41) is 0.